The van der Waals surface area contributed by atoms with Crippen LogP contribution in [-0.4, -0.2) is 82.4 Å². The van der Waals surface area contributed by atoms with Gasteiger partial charge in [0, 0.05) is 24.4 Å². The number of carbonyl (C=O) groups is 4. The molecule has 44 heavy (non-hydrogen) atoms. The molecule has 3 aliphatic rings. The summed E-state index contributed by atoms with van der Waals surface area (Å²) in [6.07, 6.45) is 2.93. The quantitative estimate of drug-likeness (QED) is 0.384. The third-order valence-electron chi connectivity index (χ3n) is 8.15. The molecule has 0 bridgehead atoms. The molecule has 0 aromatic carbocycles. The molecular weight excluding hydrogens is 582 g/mol. The van der Waals surface area contributed by atoms with Gasteiger partial charge in [-0.15, -0.1) is 11.3 Å². The van der Waals surface area contributed by atoms with Crippen LogP contribution in [0.25, 0.3) is 0 Å². The molecule has 1 aliphatic carbocycles. The van der Waals surface area contributed by atoms with Gasteiger partial charge >= 0.3 is 18.2 Å². The minimum Gasteiger partial charge on any atom is -0.477 e. The number of aromatic carboxylic acids is 1. The predicted octanol–water partition coefficient (Wildman–Crippen LogP) is 6.22. The first-order chi connectivity index (χ1) is 20.3. The maximum atomic E-state index is 14.2. The highest BCUT2D eigenvalue weighted by atomic mass is 32.1. The van der Waals surface area contributed by atoms with Crippen LogP contribution >= 0.6 is 11.3 Å². The zero-order chi connectivity index (χ0) is 32.6. The topological polar surface area (TPSA) is 117 Å². The zero-order valence-electron chi connectivity index (χ0n) is 27.3. The van der Waals surface area contributed by atoms with Gasteiger partial charge in [-0.3, -0.25) is 4.79 Å². The van der Waals surface area contributed by atoms with Gasteiger partial charge in [0.25, 0.3) is 0 Å². The lowest BCUT2D eigenvalue weighted by Gasteiger charge is -2.47. The molecule has 10 nitrogen and oxygen atoms in total. The van der Waals surface area contributed by atoms with Crippen LogP contribution in [0.2, 0.25) is 0 Å². The fraction of sp³-hybridized carbons (Fsp3) is 0.697. The van der Waals surface area contributed by atoms with E-state index in [2.05, 4.69) is 18.8 Å². The van der Waals surface area contributed by atoms with Crippen molar-refractivity contribution in [3.8, 4) is 11.8 Å². The molecule has 1 atom stereocenters. The molecule has 242 valence electrons. The number of carboxylic acid groups (broad SMARTS) is 1. The molecule has 0 unspecified atom stereocenters. The number of thiophene rings is 1. The molecule has 2 saturated heterocycles. The van der Waals surface area contributed by atoms with Crippen LogP contribution in [0.5, 0.6) is 0 Å². The third-order valence-corrected chi connectivity index (χ3v) is 9.18. The summed E-state index contributed by atoms with van der Waals surface area (Å²) in [7, 11) is 0. The van der Waals surface area contributed by atoms with Crippen LogP contribution in [0, 0.1) is 29.1 Å². The lowest BCUT2D eigenvalue weighted by molar-refractivity contribution is -0.124. The first-order valence-electron chi connectivity index (χ1n) is 15.5. The smallest absolute Gasteiger partial charge is 0.410 e. The first-order valence-corrected chi connectivity index (χ1v) is 16.3. The van der Waals surface area contributed by atoms with E-state index in [1.807, 2.05) is 20.8 Å². The third kappa shape index (κ3) is 8.26. The van der Waals surface area contributed by atoms with Crippen LogP contribution in [-0.2, 0) is 14.3 Å². The molecule has 0 spiro atoms. The van der Waals surface area contributed by atoms with E-state index in [9.17, 15) is 24.3 Å². The zero-order valence-corrected chi connectivity index (χ0v) is 28.1. The summed E-state index contributed by atoms with van der Waals surface area (Å²) in [5.41, 5.74) is -1.38. The van der Waals surface area contributed by atoms with Gasteiger partial charge in [-0.1, -0.05) is 18.8 Å². The molecular formula is C33H47N3O7S. The second kappa shape index (κ2) is 12.6. The maximum Gasteiger partial charge on any atom is 0.410 e. The van der Waals surface area contributed by atoms with Crippen molar-refractivity contribution < 1.29 is 33.8 Å². The molecule has 1 aromatic heterocycles. The molecule has 3 fully saturated rings. The lowest BCUT2D eigenvalue weighted by Crippen LogP contribution is -2.64. The fourth-order valence-electron chi connectivity index (χ4n) is 5.90. The van der Waals surface area contributed by atoms with Crippen molar-refractivity contribution >= 4 is 41.1 Å². The summed E-state index contributed by atoms with van der Waals surface area (Å²) in [4.78, 5) is 57.6. The Labute approximate surface area is 265 Å². The SMILES string of the molecule is CC(C)(C)C#Cc1cc(N(C(=O)[C@H]2CC[C@H](C)CC2)[C@H]2CCN(C(=O)OC3(C)CN(C(=O)OC(C)(C)C)C3)C2)c(C(=O)O)s1. The van der Waals surface area contributed by atoms with Crippen molar-refractivity contribution in [2.75, 3.05) is 31.1 Å². The van der Waals surface area contributed by atoms with Gasteiger partial charge in [0.2, 0.25) is 5.91 Å². The van der Waals surface area contributed by atoms with Crippen molar-refractivity contribution in [3.05, 3.63) is 15.8 Å². The molecule has 3 amide bonds. The standard InChI is InChI=1S/C33H47N3O7S/c1-21-9-11-22(12-10-21)27(37)36(25-17-24(13-15-31(2,3)4)44-26(25)28(38)39)23-14-16-34(18-23)29(40)43-33(8)19-35(20-33)30(41)42-32(5,6)7/h17,21-23H,9-12,14,16,18-20H2,1-8H3,(H,38,39)/t21-,22-,23-/m0/s1. The number of carboxylic acids is 1. The van der Waals surface area contributed by atoms with Gasteiger partial charge in [-0.05, 0) is 92.6 Å². The monoisotopic (exact) mass is 629 g/mol. The number of likely N-dealkylation sites (tertiary alicyclic amines) is 2. The number of anilines is 1. The number of rotatable bonds is 5. The van der Waals surface area contributed by atoms with E-state index in [0.717, 1.165) is 37.0 Å². The van der Waals surface area contributed by atoms with Crippen molar-refractivity contribution in [1.82, 2.24) is 9.80 Å². The van der Waals surface area contributed by atoms with Gasteiger partial charge in [-0.25, -0.2) is 14.4 Å². The van der Waals surface area contributed by atoms with Gasteiger partial charge in [0.15, 0.2) is 0 Å². The Kier molecular flexibility index (Phi) is 9.65. The molecule has 4 rings (SSSR count). The molecule has 1 saturated carbocycles. The summed E-state index contributed by atoms with van der Waals surface area (Å²) in [5, 5.41) is 10.2. The van der Waals surface area contributed by atoms with E-state index in [0.29, 0.717) is 29.4 Å². The Morgan fingerprint density at radius 3 is 2.20 bits per heavy atom. The minimum atomic E-state index is -1.11. The summed E-state index contributed by atoms with van der Waals surface area (Å²) >= 11 is 1.08. The predicted molar refractivity (Wildman–Crippen MR) is 169 cm³/mol. The van der Waals surface area contributed by atoms with E-state index in [1.165, 1.54) is 4.90 Å². The molecule has 2 aliphatic heterocycles. The number of nitrogens with zero attached hydrogens (tertiary/aromatic N) is 3. The summed E-state index contributed by atoms with van der Waals surface area (Å²) in [6, 6.07) is 1.32. The summed E-state index contributed by atoms with van der Waals surface area (Å²) in [6.45, 7) is 16.4. The summed E-state index contributed by atoms with van der Waals surface area (Å²) < 4.78 is 11.3. The Balaban J connectivity index is 1.53. The Morgan fingerprint density at radius 2 is 1.64 bits per heavy atom. The molecule has 0 radical (unpaired) electrons. The lowest BCUT2D eigenvalue weighted by atomic mass is 9.82. The number of carbonyl (C=O) groups excluding carboxylic acids is 3. The summed E-state index contributed by atoms with van der Waals surface area (Å²) in [5.74, 6) is 5.42. The molecule has 1 aromatic rings. The normalized spacial score (nSPS) is 23.2. The van der Waals surface area contributed by atoms with E-state index >= 15 is 0 Å². The van der Waals surface area contributed by atoms with Crippen molar-refractivity contribution in [2.24, 2.45) is 17.3 Å². The average Bonchev–Trinajstić information content (AvgIpc) is 3.53. The van der Waals surface area contributed by atoms with Gasteiger partial charge in [0.05, 0.1) is 29.7 Å². The number of hydrogen-bond acceptors (Lipinski definition) is 7. The molecule has 11 heteroatoms. The van der Waals surface area contributed by atoms with Gasteiger partial charge < -0.3 is 29.3 Å². The van der Waals surface area contributed by atoms with E-state index < -0.39 is 35.4 Å². The Morgan fingerprint density at radius 1 is 1.00 bits per heavy atom. The molecule has 3 heterocycles. The highest BCUT2D eigenvalue weighted by molar-refractivity contribution is 7.15. The van der Waals surface area contributed by atoms with Crippen molar-refractivity contribution in [1.29, 1.82) is 0 Å². The second-order valence-electron chi connectivity index (χ2n) is 14.8. The van der Waals surface area contributed by atoms with Crippen LogP contribution in [0.15, 0.2) is 6.07 Å². The maximum absolute atomic E-state index is 14.2. The molecule has 1 N–H and O–H groups in total. The second-order valence-corrected chi connectivity index (χ2v) is 15.9. The highest BCUT2D eigenvalue weighted by Gasteiger charge is 2.48. The van der Waals surface area contributed by atoms with Crippen molar-refractivity contribution in [2.45, 2.75) is 105 Å². The van der Waals surface area contributed by atoms with Crippen molar-refractivity contribution in [3.63, 3.8) is 0 Å². The first kappa shape index (κ1) is 33.6. The van der Waals surface area contributed by atoms with Crippen LogP contribution < -0.4 is 4.90 Å². The number of amides is 3. The fourth-order valence-corrected chi connectivity index (χ4v) is 6.74. The van der Waals surface area contributed by atoms with Crippen LogP contribution in [0.4, 0.5) is 15.3 Å². The highest BCUT2D eigenvalue weighted by Crippen LogP contribution is 2.38. The van der Waals surface area contributed by atoms with Crippen LogP contribution in [0.1, 0.15) is 102 Å². The van der Waals surface area contributed by atoms with Gasteiger partial charge in [0.1, 0.15) is 16.1 Å². The van der Waals surface area contributed by atoms with E-state index in [1.54, 1.807) is 43.6 Å². The Hall–Kier alpha value is -3.26. The van der Waals surface area contributed by atoms with E-state index in [4.69, 9.17) is 9.47 Å². The Bertz CT molecular complexity index is 1330. The largest absolute Gasteiger partial charge is 0.477 e. The van der Waals surface area contributed by atoms with Gasteiger partial charge in [-0.2, -0.15) is 0 Å². The number of hydrogen-bond donors (Lipinski definition) is 1. The van der Waals surface area contributed by atoms with Crippen LogP contribution in [0.3, 0.4) is 0 Å². The minimum absolute atomic E-state index is 0.0750. The average molecular weight is 630 g/mol. The number of ether oxygens (including phenoxy) is 2. The van der Waals surface area contributed by atoms with E-state index in [-0.39, 0.29) is 41.8 Å².